The van der Waals surface area contributed by atoms with E-state index in [0.717, 1.165) is 23.5 Å². The van der Waals surface area contributed by atoms with Crippen molar-refractivity contribution in [1.82, 2.24) is 4.90 Å². The summed E-state index contributed by atoms with van der Waals surface area (Å²) in [7, 11) is 0. The normalized spacial score (nSPS) is 25.8. The molecule has 0 spiro atoms. The number of aryl methyl sites for hydroxylation is 1. The average molecular weight is 341 g/mol. The summed E-state index contributed by atoms with van der Waals surface area (Å²) < 4.78 is 11.2. The van der Waals surface area contributed by atoms with Crippen molar-refractivity contribution in [2.45, 2.75) is 13.3 Å². The molecule has 0 radical (unpaired) electrons. The van der Waals surface area contributed by atoms with Gasteiger partial charge in [0.15, 0.2) is 0 Å². The summed E-state index contributed by atoms with van der Waals surface area (Å²) in [5.41, 5.74) is 1.25. The molecule has 0 unspecified atom stereocenters. The molecule has 2 fully saturated rings. The minimum Gasteiger partial charge on any atom is -0.461 e. The third kappa shape index (κ3) is 2.87. The lowest BCUT2D eigenvalue weighted by atomic mass is 9.76. The first-order chi connectivity index (χ1) is 12.1. The molecule has 1 aromatic heterocycles. The van der Waals surface area contributed by atoms with Crippen LogP contribution in [-0.2, 0) is 4.74 Å². The highest BCUT2D eigenvalue weighted by molar-refractivity contribution is 5.95. The van der Waals surface area contributed by atoms with Gasteiger partial charge in [0.25, 0.3) is 5.91 Å². The first kappa shape index (κ1) is 16.4. The first-order valence-electron chi connectivity index (χ1n) is 8.76. The summed E-state index contributed by atoms with van der Waals surface area (Å²) in [6.45, 7) is 4.45. The van der Waals surface area contributed by atoms with Crippen molar-refractivity contribution < 1.29 is 19.1 Å². The zero-order valence-electron chi connectivity index (χ0n) is 14.4. The number of hydrogen-bond acceptors (Lipinski definition) is 4. The number of amides is 1. The molecular weight excluding hydrogens is 318 g/mol. The smallest absolute Gasteiger partial charge is 0.253 e. The van der Waals surface area contributed by atoms with Crippen LogP contribution in [0, 0.1) is 18.3 Å². The second kappa shape index (κ2) is 6.32. The number of carbonyl (C=O) groups excluding carboxylic acids is 1. The predicted octanol–water partition coefficient (Wildman–Crippen LogP) is 2.73. The van der Waals surface area contributed by atoms with Gasteiger partial charge in [-0.25, -0.2) is 0 Å². The molecule has 0 bridgehead atoms. The fourth-order valence-electron chi connectivity index (χ4n) is 4.05. The SMILES string of the molecule is Cc1ccc(-c2cccc(C(=O)N3C[C@@H]4CCOC[C@]4(CO)C3)c2)o1. The molecule has 2 atom stereocenters. The number of aliphatic hydroxyl groups excluding tert-OH is 1. The van der Waals surface area contributed by atoms with Crippen molar-refractivity contribution in [2.24, 2.45) is 11.3 Å². The molecule has 2 saturated heterocycles. The summed E-state index contributed by atoms with van der Waals surface area (Å²) in [6.07, 6.45) is 0.899. The van der Waals surface area contributed by atoms with Crippen molar-refractivity contribution in [1.29, 1.82) is 0 Å². The summed E-state index contributed by atoms with van der Waals surface area (Å²) in [6, 6.07) is 11.4. The monoisotopic (exact) mass is 341 g/mol. The number of likely N-dealkylation sites (tertiary alicyclic amines) is 1. The van der Waals surface area contributed by atoms with Crippen LogP contribution in [0.4, 0.5) is 0 Å². The van der Waals surface area contributed by atoms with E-state index in [-0.39, 0.29) is 17.9 Å². The quantitative estimate of drug-likeness (QED) is 0.932. The van der Waals surface area contributed by atoms with Crippen LogP contribution >= 0.6 is 0 Å². The largest absolute Gasteiger partial charge is 0.461 e. The zero-order chi connectivity index (χ0) is 17.4. The van der Waals surface area contributed by atoms with Gasteiger partial charge in [0.05, 0.1) is 13.2 Å². The van der Waals surface area contributed by atoms with E-state index in [4.69, 9.17) is 9.15 Å². The third-order valence-electron chi connectivity index (χ3n) is 5.55. The highest BCUT2D eigenvalue weighted by Crippen LogP contribution is 2.41. The second-order valence-electron chi connectivity index (χ2n) is 7.24. The van der Waals surface area contributed by atoms with E-state index in [2.05, 4.69) is 0 Å². The van der Waals surface area contributed by atoms with E-state index in [1.165, 1.54) is 0 Å². The summed E-state index contributed by atoms with van der Waals surface area (Å²) >= 11 is 0. The van der Waals surface area contributed by atoms with E-state index in [0.29, 0.717) is 37.8 Å². The van der Waals surface area contributed by atoms with Gasteiger partial charge in [-0.3, -0.25) is 4.79 Å². The molecule has 3 heterocycles. The van der Waals surface area contributed by atoms with Crippen LogP contribution in [0.15, 0.2) is 40.8 Å². The molecule has 1 aromatic carbocycles. The Balaban J connectivity index is 1.57. The van der Waals surface area contributed by atoms with Crippen LogP contribution in [0.25, 0.3) is 11.3 Å². The van der Waals surface area contributed by atoms with E-state index in [9.17, 15) is 9.90 Å². The summed E-state index contributed by atoms with van der Waals surface area (Å²) in [5.74, 6) is 1.93. The van der Waals surface area contributed by atoms with E-state index in [1.54, 1.807) is 0 Å². The van der Waals surface area contributed by atoms with Gasteiger partial charge < -0.3 is 19.2 Å². The van der Waals surface area contributed by atoms with Gasteiger partial charge in [0.2, 0.25) is 0 Å². The minimum absolute atomic E-state index is 0.00681. The number of benzene rings is 1. The van der Waals surface area contributed by atoms with Crippen LogP contribution in [0.1, 0.15) is 22.5 Å². The lowest BCUT2D eigenvalue weighted by Gasteiger charge is -2.36. The number of aliphatic hydroxyl groups is 1. The maximum atomic E-state index is 13.0. The fourth-order valence-corrected chi connectivity index (χ4v) is 4.05. The van der Waals surface area contributed by atoms with Gasteiger partial charge in [-0.15, -0.1) is 0 Å². The van der Waals surface area contributed by atoms with Crippen molar-refractivity contribution in [3.63, 3.8) is 0 Å². The van der Waals surface area contributed by atoms with E-state index >= 15 is 0 Å². The molecule has 5 nitrogen and oxygen atoms in total. The Bertz CT molecular complexity index is 784. The maximum Gasteiger partial charge on any atom is 0.253 e. The Kier molecular flexibility index (Phi) is 4.13. The number of furan rings is 1. The standard InChI is InChI=1S/C20H23NO4/c1-14-5-6-18(25-14)15-3-2-4-16(9-15)19(23)21-10-17-7-8-24-13-20(17,11-21)12-22/h2-6,9,17,22H,7-8,10-13H2,1H3/t17-,20+/m0/s1. The van der Waals surface area contributed by atoms with Crippen LogP contribution < -0.4 is 0 Å². The third-order valence-corrected chi connectivity index (χ3v) is 5.55. The second-order valence-corrected chi connectivity index (χ2v) is 7.24. The van der Waals surface area contributed by atoms with Crippen molar-refractivity contribution in [3.05, 3.63) is 47.7 Å². The van der Waals surface area contributed by atoms with Gasteiger partial charge in [0, 0.05) is 36.2 Å². The Hall–Kier alpha value is -2.11. The van der Waals surface area contributed by atoms with Crippen LogP contribution in [0.2, 0.25) is 0 Å². The molecule has 0 aliphatic carbocycles. The topological polar surface area (TPSA) is 62.9 Å². The maximum absolute atomic E-state index is 13.0. The zero-order valence-corrected chi connectivity index (χ0v) is 14.4. The van der Waals surface area contributed by atoms with Gasteiger partial charge in [-0.05, 0) is 43.5 Å². The molecule has 2 aliphatic heterocycles. The number of carbonyl (C=O) groups is 1. The van der Waals surface area contributed by atoms with Gasteiger partial charge in [-0.1, -0.05) is 12.1 Å². The molecule has 2 aromatic rings. The lowest BCUT2D eigenvalue weighted by Crippen LogP contribution is -2.43. The fraction of sp³-hybridized carbons (Fsp3) is 0.450. The number of ether oxygens (including phenoxy) is 1. The molecule has 0 saturated carbocycles. The Morgan fingerprint density at radius 3 is 2.96 bits per heavy atom. The molecule has 5 heteroatoms. The Morgan fingerprint density at radius 2 is 2.24 bits per heavy atom. The number of rotatable bonds is 3. The van der Waals surface area contributed by atoms with Crippen molar-refractivity contribution in [2.75, 3.05) is 32.9 Å². The Morgan fingerprint density at radius 1 is 1.36 bits per heavy atom. The lowest BCUT2D eigenvalue weighted by molar-refractivity contribution is -0.0556. The van der Waals surface area contributed by atoms with E-state index in [1.807, 2.05) is 48.2 Å². The molecule has 132 valence electrons. The molecule has 1 amide bonds. The number of fused-ring (bicyclic) bond motifs is 1. The van der Waals surface area contributed by atoms with Crippen LogP contribution in [0.5, 0.6) is 0 Å². The molecule has 4 rings (SSSR count). The van der Waals surface area contributed by atoms with Gasteiger partial charge in [-0.2, -0.15) is 0 Å². The number of nitrogens with zero attached hydrogens (tertiary/aromatic N) is 1. The number of hydrogen-bond donors (Lipinski definition) is 1. The minimum atomic E-state index is -0.302. The highest BCUT2D eigenvalue weighted by Gasteiger charge is 2.49. The van der Waals surface area contributed by atoms with Gasteiger partial charge >= 0.3 is 0 Å². The first-order valence-corrected chi connectivity index (χ1v) is 8.76. The molecule has 1 N–H and O–H groups in total. The Labute approximate surface area is 147 Å². The summed E-state index contributed by atoms with van der Waals surface area (Å²) in [5, 5.41) is 9.89. The van der Waals surface area contributed by atoms with Crippen LogP contribution in [-0.4, -0.2) is 48.8 Å². The molecule has 2 aliphatic rings. The van der Waals surface area contributed by atoms with Gasteiger partial charge in [0.1, 0.15) is 11.5 Å². The highest BCUT2D eigenvalue weighted by atomic mass is 16.5. The predicted molar refractivity (Wildman–Crippen MR) is 93.2 cm³/mol. The van der Waals surface area contributed by atoms with Crippen LogP contribution in [0.3, 0.4) is 0 Å². The molecule has 25 heavy (non-hydrogen) atoms. The van der Waals surface area contributed by atoms with E-state index < -0.39 is 0 Å². The summed E-state index contributed by atoms with van der Waals surface area (Å²) in [4.78, 5) is 14.9. The molecular formula is C20H23NO4. The van der Waals surface area contributed by atoms with Crippen molar-refractivity contribution >= 4 is 5.91 Å². The van der Waals surface area contributed by atoms with Crippen molar-refractivity contribution in [3.8, 4) is 11.3 Å². The average Bonchev–Trinajstić information content (AvgIpc) is 3.25.